The molecular weight excluding hydrogens is 376 g/mol. The highest BCUT2D eigenvalue weighted by Crippen LogP contribution is 2.25. The molecule has 0 unspecified atom stereocenters. The standard InChI is InChI=1S/C20H28N4O3S/c1-4-27-15-19-22-18-14-21-17-11-7-6-10-16(17)20(18)24(19)12-8-5-9-13-28(25,26)23(2)3/h6-7,10-11,14H,4-5,8-9,12-13,15H2,1-3H3. The van der Waals surface area contributed by atoms with Crippen molar-refractivity contribution in [3.05, 3.63) is 36.3 Å². The van der Waals surface area contributed by atoms with Gasteiger partial charge in [-0.3, -0.25) is 4.98 Å². The lowest BCUT2D eigenvalue weighted by Gasteiger charge is -2.12. The number of hydrogen-bond acceptors (Lipinski definition) is 5. The predicted molar refractivity (Wildman–Crippen MR) is 112 cm³/mol. The minimum Gasteiger partial charge on any atom is -0.374 e. The highest BCUT2D eigenvalue weighted by molar-refractivity contribution is 7.89. The van der Waals surface area contributed by atoms with Gasteiger partial charge in [0.2, 0.25) is 10.0 Å². The molecule has 0 saturated carbocycles. The van der Waals surface area contributed by atoms with Crippen LogP contribution in [0.5, 0.6) is 0 Å². The Labute approximate surface area is 166 Å². The first-order valence-corrected chi connectivity index (χ1v) is 11.3. The van der Waals surface area contributed by atoms with Crippen LogP contribution in [0, 0.1) is 0 Å². The molecule has 3 rings (SSSR count). The van der Waals surface area contributed by atoms with Gasteiger partial charge in [-0.2, -0.15) is 0 Å². The number of pyridine rings is 1. The molecule has 0 N–H and O–H groups in total. The van der Waals surface area contributed by atoms with Gasteiger partial charge in [0.25, 0.3) is 0 Å². The van der Waals surface area contributed by atoms with Crippen LogP contribution < -0.4 is 0 Å². The lowest BCUT2D eigenvalue weighted by Crippen LogP contribution is -2.25. The summed E-state index contributed by atoms with van der Waals surface area (Å²) in [5.41, 5.74) is 2.88. The Balaban J connectivity index is 1.81. The van der Waals surface area contributed by atoms with Gasteiger partial charge < -0.3 is 9.30 Å². The van der Waals surface area contributed by atoms with E-state index >= 15 is 0 Å². The molecule has 28 heavy (non-hydrogen) atoms. The summed E-state index contributed by atoms with van der Waals surface area (Å²) in [7, 11) is 0.0208. The number of para-hydroxylation sites is 1. The maximum absolute atomic E-state index is 11.9. The van der Waals surface area contributed by atoms with Gasteiger partial charge in [-0.05, 0) is 25.8 Å². The van der Waals surface area contributed by atoms with Crippen LogP contribution in [0.25, 0.3) is 21.9 Å². The number of aryl methyl sites for hydroxylation is 1. The lowest BCUT2D eigenvalue weighted by atomic mass is 10.2. The van der Waals surface area contributed by atoms with Crippen LogP contribution in [-0.4, -0.2) is 53.7 Å². The second kappa shape index (κ2) is 8.98. The molecule has 0 aliphatic rings. The van der Waals surface area contributed by atoms with Crippen LogP contribution in [-0.2, 0) is 27.9 Å². The van der Waals surface area contributed by atoms with Crippen LogP contribution in [0.4, 0.5) is 0 Å². The molecule has 2 heterocycles. The Morgan fingerprint density at radius 2 is 1.89 bits per heavy atom. The Kier molecular flexibility index (Phi) is 6.64. The monoisotopic (exact) mass is 404 g/mol. The van der Waals surface area contributed by atoms with Gasteiger partial charge in [0.15, 0.2) is 0 Å². The van der Waals surface area contributed by atoms with Gasteiger partial charge in [0.1, 0.15) is 17.9 Å². The van der Waals surface area contributed by atoms with E-state index in [2.05, 4.69) is 15.6 Å². The Hall–Kier alpha value is -2.03. The van der Waals surface area contributed by atoms with E-state index in [1.807, 2.05) is 31.3 Å². The summed E-state index contributed by atoms with van der Waals surface area (Å²) < 4.78 is 32.9. The minimum absolute atomic E-state index is 0.184. The molecule has 8 heteroatoms. The second-order valence-electron chi connectivity index (χ2n) is 6.99. The van der Waals surface area contributed by atoms with Crippen LogP contribution in [0.3, 0.4) is 0 Å². The summed E-state index contributed by atoms with van der Waals surface area (Å²) in [6.45, 7) is 3.82. The zero-order valence-electron chi connectivity index (χ0n) is 16.8. The van der Waals surface area contributed by atoms with Crippen LogP contribution in [0.1, 0.15) is 32.0 Å². The molecular formula is C20H28N4O3S. The summed E-state index contributed by atoms with van der Waals surface area (Å²) in [5.74, 6) is 1.07. The van der Waals surface area contributed by atoms with Crippen molar-refractivity contribution in [1.82, 2.24) is 18.8 Å². The van der Waals surface area contributed by atoms with E-state index < -0.39 is 10.0 Å². The fraction of sp³-hybridized carbons (Fsp3) is 0.500. The van der Waals surface area contributed by atoms with E-state index in [4.69, 9.17) is 9.72 Å². The van der Waals surface area contributed by atoms with E-state index in [1.54, 1.807) is 14.1 Å². The molecule has 0 radical (unpaired) electrons. The maximum atomic E-state index is 11.9. The molecule has 152 valence electrons. The minimum atomic E-state index is -3.13. The number of hydrogen-bond donors (Lipinski definition) is 0. The van der Waals surface area contributed by atoms with Gasteiger partial charge in [-0.15, -0.1) is 0 Å². The highest BCUT2D eigenvalue weighted by atomic mass is 32.2. The maximum Gasteiger partial charge on any atom is 0.213 e. The summed E-state index contributed by atoms with van der Waals surface area (Å²) in [6.07, 6.45) is 4.18. The van der Waals surface area contributed by atoms with Crippen molar-refractivity contribution in [2.24, 2.45) is 0 Å². The molecule has 0 bridgehead atoms. The average Bonchev–Trinajstić information content (AvgIpc) is 3.04. The highest BCUT2D eigenvalue weighted by Gasteiger charge is 2.15. The number of unbranched alkanes of at least 4 members (excludes halogenated alkanes) is 2. The van der Waals surface area contributed by atoms with Crippen LogP contribution >= 0.6 is 0 Å². The molecule has 7 nitrogen and oxygen atoms in total. The van der Waals surface area contributed by atoms with Crippen molar-refractivity contribution in [2.45, 2.75) is 39.3 Å². The van der Waals surface area contributed by atoms with Gasteiger partial charge in [-0.25, -0.2) is 17.7 Å². The van der Waals surface area contributed by atoms with Gasteiger partial charge in [0, 0.05) is 32.6 Å². The summed E-state index contributed by atoms with van der Waals surface area (Å²) in [6, 6.07) is 8.06. The topological polar surface area (TPSA) is 77.3 Å². The Morgan fingerprint density at radius 3 is 2.64 bits per heavy atom. The van der Waals surface area contributed by atoms with Crippen LogP contribution in [0.15, 0.2) is 30.5 Å². The third kappa shape index (κ3) is 4.51. The summed E-state index contributed by atoms with van der Waals surface area (Å²) in [5, 5.41) is 1.07. The molecule has 0 fully saturated rings. The average molecular weight is 405 g/mol. The molecule has 0 spiro atoms. The third-order valence-corrected chi connectivity index (χ3v) is 6.75. The smallest absolute Gasteiger partial charge is 0.213 e. The number of benzene rings is 1. The first-order valence-electron chi connectivity index (χ1n) is 9.65. The fourth-order valence-electron chi connectivity index (χ4n) is 3.27. The zero-order chi connectivity index (χ0) is 20.1. The zero-order valence-corrected chi connectivity index (χ0v) is 17.6. The number of aromatic nitrogens is 3. The quantitative estimate of drug-likeness (QED) is 0.485. The Bertz CT molecular complexity index is 1040. The van der Waals surface area contributed by atoms with Crippen molar-refractivity contribution in [3.8, 4) is 0 Å². The number of imidazole rings is 1. The number of fused-ring (bicyclic) bond motifs is 3. The van der Waals surface area contributed by atoms with Crippen molar-refractivity contribution in [3.63, 3.8) is 0 Å². The van der Waals surface area contributed by atoms with Crippen molar-refractivity contribution < 1.29 is 13.2 Å². The first-order chi connectivity index (χ1) is 13.4. The predicted octanol–water partition coefficient (Wildman–Crippen LogP) is 3.18. The van der Waals surface area contributed by atoms with E-state index in [9.17, 15) is 8.42 Å². The number of rotatable bonds is 10. The Morgan fingerprint density at radius 1 is 1.11 bits per heavy atom. The van der Waals surface area contributed by atoms with Crippen LogP contribution in [0.2, 0.25) is 0 Å². The summed E-state index contributed by atoms with van der Waals surface area (Å²) >= 11 is 0. The molecule has 0 aliphatic heterocycles. The fourth-order valence-corrected chi connectivity index (χ4v) is 4.20. The molecule has 2 aromatic heterocycles. The number of sulfonamides is 1. The van der Waals surface area contributed by atoms with E-state index in [-0.39, 0.29) is 5.75 Å². The van der Waals surface area contributed by atoms with Crippen molar-refractivity contribution in [1.29, 1.82) is 0 Å². The second-order valence-corrected chi connectivity index (χ2v) is 9.29. The van der Waals surface area contributed by atoms with Crippen molar-refractivity contribution >= 4 is 32.0 Å². The third-order valence-electron chi connectivity index (χ3n) is 4.83. The number of nitrogens with zero attached hydrogens (tertiary/aromatic N) is 4. The lowest BCUT2D eigenvalue weighted by molar-refractivity contribution is 0.126. The molecule has 3 aromatic rings. The molecule has 0 atom stereocenters. The van der Waals surface area contributed by atoms with Gasteiger partial charge in [0.05, 0.1) is 23.0 Å². The number of ether oxygens (including phenoxy) is 1. The summed E-state index contributed by atoms with van der Waals surface area (Å²) in [4.78, 5) is 9.24. The van der Waals surface area contributed by atoms with Gasteiger partial charge >= 0.3 is 0 Å². The van der Waals surface area contributed by atoms with E-state index in [0.717, 1.165) is 47.1 Å². The molecule has 0 aliphatic carbocycles. The molecule has 0 saturated heterocycles. The van der Waals surface area contributed by atoms with E-state index in [1.165, 1.54) is 4.31 Å². The van der Waals surface area contributed by atoms with Gasteiger partial charge in [-0.1, -0.05) is 24.6 Å². The first kappa shape index (κ1) is 20.7. The SMILES string of the molecule is CCOCc1nc2cnc3ccccc3c2n1CCCCCS(=O)(=O)N(C)C. The largest absolute Gasteiger partial charge is 0.374 e. The normalized spacial score (nSPS) is 12.4. The van der Waals surface area contributed by atoms with Crippen molar-refractivity contribution in [2.75, 3.05) is 26.5 Å². The molecule has 0 amide bonds. The van der Waals surface area contributed by atoms with E-state index in [0.29, 0.717) is 19.6 Å². The molecule has 1 aromatic carbocycles.